The van der Waals surface area contributed by atoms with Crippen molar-refractivity contribution in [3.8, 4) is 6.07 Å². The van der Waals surface area contributed by atoms with Crippen molar-refractivity contribution >= 4 is 11.8 Å². The molecule has 0 aromatic carbocycles. The molecule has 1 saturated carbocycles. The molecular weight excluding hydrogens is 186 g/mol. The lowest BCUT2D eigenvalue weighted by Gasteiger charge is -2.01. The van der Waals surface area contributed by atoms with Gasteiger partial charge in [-0.3, -0.25) is 0 Å². The first-order chi connectivity index (χ1) is 6.31. The van der Waals surface area contributed by atoms with E-state index in [2.05, 4.69) is 21.6 Å². The Morgan fingerprint density at radius 2 is 2.46 bits per heavy atom. The molecule has 0 N–H and O–H groups in total. The standard InChI is InChI=1S/C7H9N5S/c1-5(4-8)13-7-9-10-11-12(7)6-2-3-6/h5-6H,2-3H2,1H3. The van der Waals surface area contributed by atoms with Crippen molar-refractivity contribution in [2.24, 2.45) is 0 Å². The van der Waals surface area contributed by atoms with Crippen LogP contribution in [0.15, 0.2) is 5.16 Å². The molecule has 1 fully saturated rings. The van der Waals surface area contributed by atoms with Gasteiger partial charge in [0.1, 0.15) is 0 Å². The predicted octanol–water partition coefficient (Wildman–Crippen LogP) is 1.01. The Kier molecular flexibility index (Phi) is 2.19. The zero-order chi connectivity index (χ0) is 9.26. The zero-order valence-corrected chi connectivity index (χ0v) is 8.03. The number of thioether (sulfide) groups is 1. The third-order valence-electron chi connectivity index (χ3n) is 1.82. The van der Waals surface area contributed by atoms with E-state index in [0.29, 0.717) is 6.04 Å². The summed E-state index contributed by atoms with van der Waals surface area (Å²) >= 11 is 1.41. The highest BCUT2D eigenvalue weighted by molar-refractivity contribution is 8.00. The molecule has 1 aromatic heterocycles. The van der Waals surface area contributed by atoms with Gasteiger partial charge in [0.15, 0.2) is 0 Å². The van der Waals surface area contributed by atoms with Gasteiger partial charge in [-0.1, -0.05) is 11.8 Å². The molecule has 0 bridgehead atoms. The molecular formula is C7H9N5S. The van der Waals surface area contributed by atoms with E-state index in [1.807, 2.05) is 11.6 Å². The largest absolute Gasteiger partial charge is 0.217 e. The van der Waals surface area contributed by atoms with Crippen LogP contribution >= 0.6 is 11.8 Å². The fourth-order valence-electron chi connectivity index (χ4n) is 0.996. The van der Waals surface area contributed by atoms with Gasteiger partial charge in [-0.2, -0.15) is 5.26 Å². The summed E-state index contributed by atoms with van der Waals surface area (Å²) in [6, 6.07) is 2.62. The molecule has 13 heavy (non-hydrogen) atoms. The van der Waals surface area contributed by atoms with Crippen molar-refractivity contribution in [1.82, 2.24) is 20.2 Å². The second-order valence-electron chi connectivity index (χ2n) is 3.03. The number of hydrogen-bond donors (Lipinski definition) is 0. The summed E-state index contributed by atoms with van der Waals surface area (Å²) in [5, 5.41) is 20.7. The molecule has 1 aliphatic carbocycles. The van der Waals surface area contributed by atoms with Crippen LogP contribution in [0.5, 0.6) is 0 Å². The molecule has 1 atom stereocenters. The SMILES string of the molecule is CC(C#N)Sc1nnnn1C1CC1. The van der Waals surface area contributed by atoms with Gasteiger partial charge in [0.25, 0.3) is 0 Å². The molecule has 0 aliphatic heterocycles. The number of nitriles is 1. The molecule has 0 radical (unpaired) electrons. The first-order valence-corrected chi connectivity index (χ1v) is 5.03. The first kappa shape index (κ1) is 8.51. The molecule has 68 valence electrons. The lowest BCUT2D eigenvalue weighted by Crippen LogP contribution is -2.01. The van der Waals surface area contributed by atoms with Gasteiger partial charge in [-0.05, 0) is 30.2 Å². The highest BCUT2D eigenvalue weighted by Gasteiger charge is 2.28. The normalized spacial score (nSPS) is 18.2. The summed E-state index contributed by atoms with van der Waals surface area (Å²) in [5.41, 5.74) is 0. The van der Waals surface area contributed by atoms with Gasteiger partial charge < -0.3 is 0 Å². The van der Waals surface area contributed by atoms with Crippen molar-refractivity contribution in [3.63, 3.8) is 0 Å². The summed E-state index contributed by atoms with van der Waals surface area (Å²) in [4.78, 5) is 0. The first-order valence-electron chi connectivity index (χ1n) is 4.15. The second kappa shape index (κ2) is 3.34. The quantitative estimate of drug-likeness (QED) is 0.673. The van der Waals surface area contributed by atoms with Crippen LogP contribution in [0.4, 0.5) is 0 Å². The topological polar surface area (TPSA) is 67.4 Å². The minimum Gasteiger partial charge on any atom is -0.217 e. The Hall–Kier alpha value is -1.09. The molecule has 5 nitrogen and oxygen atoms in total. The van der Waals surface area contributed by atoms with E-state index in [1.54, 1.807) is 0 Å². The highest BCUT2D eigenvalue weighted by Crippen LogP contribution is 2.36. The Balaban J connectivity index is 2.11. The van der Waals surface area contributed by atoms with E-state index >= 15 is 0 Å². The number of nitrogens with zero attached hydrogens (tertiary/aromatic N) is 5. The maximum absolute atomic E-state index is 8.63. The Morgan fingerprint density at radius 3 is 3.08 bits per heavy atom. The average Bonchev–Trinajstić information content (AvgIpc) is 2.88. The lowest BCUT2D eigenvalue weighted by molar-refractivity contribution is 0.565. The maximum Gasteiger partial charge on any atom is 0.210 e. The van der Waals surface area contributed by atoms with E-state index < -0.39 is 0 Å². The summed E-state index contributed by atoms with van der Waals surface area (Å²) in [6.45, 7) is 1.84. The summed E-state index contributed by atoms with van der Waals surface area (Å²) in [6.07, 6.45) is 2.30. The molecule has 0 amide bonds. The van der Waals surface area contributed by atoms with Crippen molar-refractivity contribution < 1.29 is 0 Å². The van der Waals surface area contributed by atoms with Crippen molar-refractivity contribution in [3.05, 3.63) is 0 Å². The Morgan fingerprint density at radius 1 is 1.69 bits per heavy atom. The van der Waals surface area contributed by atoms with Crippen LogP contribution in [0.2, 0.25) is 0 Å². The Bertz CT molecular complexity index is 337. The Labute approximate surface area is 80.1 Å². The van der Waals surface area contributed by atoms with Gasteiger partial charge >= 0.3 is 0 Å². The second-order valence-corrected chi connectivity index (χ2v) is 4.33. The smallest absolute Gasteiger partial charge is 0.210 e. The summed E-state index contributed by atoms with van der Waals surface area (Å²) in [5.74, 6) is 0. The summed E-state index contributed by atoms with van der Waals surface area (Å²) < 4.78 is 1.82. The number of hydrogen-bond acceptors (Lipinski definition) is 5. The molecule has 1 unspecified atom stereocenters. The molecule has 2 rings (SSSR count). The van der Waals surface area contributed by atoms with Crippen molar-refractivity contribution in [2.45, 2.75) is 36.2 Å². The fraction of sp³-hybridized carbons (Fsp3) is 0.714. The molecule has 0 saturated heterocycles. The number of tetrazole rings is 1. The monoisotopic (exact) mass is 195 g/mol. The van der Waals surface area contributed by atoms with Gasteiger partial charge in [0.2, 0.25) is 5.16 Å². The van der Waals surface area contributed by atoms with Crippen molar-refractivity contribution in [2.75, 3.05) is 0 Å². The third kappa shape index (κ3) is 1.80. The van der Waals surface area contributed by atoms with Gasteiger partial charge in [-0.15, -0.1) is 5.10 Å². The number of aromatic nitrogens is 4. The van der Waals surface area contributed by atoms with Gasteiger partial charge in [0, 0.05) is 0 Å². The van der Waals surface area contributed by atoms with Crippen molar-refractivity contribution in [1.29, 1.82) is 5.26 Å². The van der Waals surface area contributed by atoms with E-state index in [9.17, 15) is 0 Å². The maximum atomic E-state index is 8.63. The van der Waals surface area contributed by atoms with E-state index in [-0.39, 0.29) is 5.25 Å². The van der Waals surface area contributed by atoms with Crippen LogP contribution in [-0.4, -0.2) is 25.5 Å². The van der Waals surface area contributed by atoms with E-state index in [4.69, 9.17) is 5.26 Å². The minimum atomic E-state index is -0.0940. The van der Waals surface area contributed by atoms with E-state index in [0.717, 1.165) is 18.0 Å². The van der Waals surface area contributed by atoms with Gasteiger partial charge in [0.05, 0.1) is 17.4 Å². The van der Waals surface area contributed by atoms with Crippen LogP contribution in [0.1, 0.15) is 25.8 Å². The zero-order valence-electron chi connectivity index (χ0n) is 7.21. The number of rotatable bonds is 3. The van der Waals surface area contributed by atoms with Crippen LogP contribution in [0.3, 0.4) is 0 Å². The third-order valence-corrected chi connectivity index (χ3v) is 2.76. The minimum absolute atomic E-state index is 0.0940. The van der Waals surface area contributed by atoms with Crippen LogP contribution in [0.25, 0.3) is 0 Å². The van der Waals surface area contributed by atoms with Crippen LogP contribution < -0.4 is 0 Å². The molecule has 0 spiro atoms. The molecule has 1 aromatic rings. The predicted molar refractivity (Wildman–Crippen MR) is 47.0 cm³/mol. The molecule has 1 heterocycles. The summed E-state index contributed by atoms with van der Waals surface area (Å²) in [7, 11) is 0. The highest BCUT2D eigenvalue weighted by atomic mass is 32.2. The average molecular weight is 195 g/mol. The fourth-order valence-corrected chi connectivity index (χ4v) is 1.74. The van der Waals surface area contributed by atoms with Gasteiger partial charge in [-0.25, -0.2) is 4.68 Å². The van der Waals surface area contributed by atoms with E-state index in [1.165, 1.54) is 11.8 Å². The molecule has 1 aliphatic rings. The van der Waals surface area contributed by atoms with Crippen LogP contribution in [-0.2, 0) is 0 Å². The lowest BCUT2D eigenvalue weighted by atomic mass is 10.5. The van der Waals surface area contributed by atoms with Crippen LogP contribution in [0, 0.1) is 11.3 Å². The molecule has 6 heteroatoms.